The average Bonchev–Trinajstić information content (AvgIpc) is 3.35. The molecule has 0 unspecified atom stereocenters. The molecule has 0 saturated heterocycles. The van der Waals surface area contributed by atoms with Gasteiger partial charge in [0.2, 0.25) is 0 Å². The Kier molecular flexibility index (Phi) is 6.44. The molecule has 3 heterocycles. The van der Waals surface area contributed by atoms with Crippen LogP contribution in [0.3, 0.4) is 0 Å². The van der Waals surface area contributed by atoms with Crippen LogP contribution in [0.4, 0.5) is 0 Å². The molecule has 5 rings (SSSR count). The Balaban J connectivity index is 1.48. The summed E-state index contributed by atoms with van der Waals surface area (Å²) in [6.07, 6.45) is 7.51. The van der Waals surface area contributed by atoms with Gasteiger partial charge in [-0.1, -0.05) is 43.3 Å². The molecule has 0 radical (unpaired) electrons. The van der Waals surface area contributed by atoms with E-state index in [-0.39, 0.29) is 11.3 Å². The van der Waals surface area contributed by atoms with Crippen LogP contribution in [-0.2, 0) is 6.54 Å². The fourth-order valence-electron chi connectivity index (χ4n) is 3.90. The third-order valence-electron chi connectivity index (χ3n) is 5.59. The van der Waals surface area contributed by atoms with Crippen molar-refractivity contribution in [1.82, 2.24) is 30.0 Å². The molecule has 0 fully saturated rings. The molecule has 0 atom stereocenters. The highest BCUT2D eigenvalue weighted by molar-refractivity contribution is 6.05. The zero-order valence-electron chi connectivity index (χ0n) is 19.6. The lowest BCUT2D eigenvalue weighted by Crippen LogP contribution is -2.29. The summed E-state index contributed by atoms with van der Waals surface area (Å²) < 4.78 is 3.08. The fraction of sp³-hybridized carbons (Fsp3) is 0.111. The molecule has 9 heteroatoms. The number of nitrogens with zero attached hydrogens (tertiary/aromatic N) is 6. The summed E-state index contributed by atoms with van der Waals surface area (Å²) >= 11 is 0. The SMILES string of the molecule is CCCn1nc(C(=O)N/N=C/c2cn(-c3ccccc3)nc2-c2cccnc2)c2ccccc2c1=O. The lowest BCUT2D eigenvalue weighted by atomic mass is 10.1. The van der Waals surface area contributed by atoms with Crippen LogP contribution in [0.5, 0.6) is 0 Å². The normalized spacial score (nSPS) is 11.2. The number of aromatic nitrogens is 5. The number of aryl methyl sites for hydroxylation is 1. The van der Waals surface area contributed by atoms with Gasteiger partial charge in [-0.2, -0.15) is 15.3 Å². The third kappa shape index (κ3) is 4.54. The van der Waals surface area contributed by atoms with Gasteiger partial charge in [-0.3, -0.25) is 14.6 Å². The van der Waals surface area contributed by atoms with E-state index < -0.39 is 5.91 Å². The van der Waals surface area contributed by atoms with Crippen LogP contribution in [-0.4, -0.2) is 36.7 Å². The molecule has 9 nitrogen and oxygen atoms in total. The highest BCUT2D eigenvalue weighted by atomic mass is 16.2. The van der Waals surface area contributed by atoms with E-state index in [9.17, 15) is 9.59 Å². The zero-order valence-corrected chi connectivity index (χ0v) is 19.6. The zero-order chi connectivity index (χ0) is 24.9. The van der Waals surface area contributed by atoms with E-state index in [2.05, 4.69) is 20.6 Å². The number of hydrogen-bond acceptors (Lipinski definition) is 6. The second kappa shape index (κ2) is 10.1. The number of rotatable bonds is 7. The smallest absolute Gasteiger partial charge is 0.267 e. The number of benzene rings is 2. The minimum absolute atomic E-state index is 0.142. The maximum absolute atomic E-state index is 13.1. The molecule has 0 aliphatic heterocycles. The number of para-hydroxylation sites is 1. The van der Waals surface area contributed by atoms with E-state index in [0.29, 0.717) is 35.0 Å². The topological polar surface area (TPSA) is 107 Å². The van der Waals surface area contributed by atoms with Crippen LogP contribution < -0.4 is 11.0 Å². The summed E-state index contributed by atoms with van der Waals surface area (Å²) in [7, 11) is 0. The summed E-state index contributed by atoms with van der Waals surface area (Å²) in [5.41, 5.74) is 5.55. The van der Waals surface area contributed by atoms with E-state index in [1.807, 2.05) is 55.6 Å². The number of fused-ring (bicyclic) bond motifs is 1. The highest BCUT2D eigenvalue weighted by Crippen LogP contribution is 2.22. The van der Waals surface area contributed by atoms with E-state index in [1.165, 1.54) is 10.9 Å². The number of amides is 1. The maximum atomic E-state index is 13.1. The Labute approximate surface area is 206 Å². The van der Waals surface area contributed by atoms with E-state index in [1.54, 1.807) is 41.3 Å². The van der Waals surface area contributed by atoms with Gasteiger partial charge in [0.15, 0.2) is 5.69 Å². The first-order valence-electron chi connectivity index (χ1n) is 11.5. The van der Waals surface area contributed by atoms with E-state index >= 15 is 0 Å². The third-order valence-corrected chi connectivity index (χ3v) is 5.59. The first-order chi connectivity index (χ1) is 17.7. The molecule has 3 aromatic heterocycles. The molecular formula is C27H23N7O2. The summed E-state index contributed by atoms with van der Waals surface area (Å²) in [4.78, 5) is 30.0. The first-order valence-corrected chi connectivity index (χ1v) is 11.5. The lowest BCUT2D eigenvalue weighted by Gasteiger charge is -2.09. The summed E-state index contributed by atoms with van der Waals surface area (Å²) in [6.45, 7) is 2.36. The van der Waals surface area contributed by atoms with Gasteiger partial charge in [0.25, 0.3) is 11.5 Å². The van der Waals surface area contributed by atoms with E-state index in [0.717, 1.165) is 11.3 Å². The van der Waals surface area contributed by atoms with Crippen LogP contribution in [0.1, 0.15) is 29.4 Å². The lowest BCUT2D eigenvalue weighted by molar-refractivity contribution is 0.0949. The number of hydrazone groups is 1. The van der Waals surface area contributed by atoms with Gasteiger partial charge in [-0.15, -0.1) is 0 Å². The fourth-order valence-corrected chi connectivity index (χ4v) is 3.90. The Morgan fingerprint density at radius 3 is 2.53 bits per heavy atom. The largest absolute Gasteiger partial charge is 0.292 e. The first kappa shape index (κ1) is 22.9. The maximum Gasteiger partial charge on any atom is 0.292 e. The van der Waals surface area contributed by atoms with Gasteiger partial charge in [0, 0.05) is 41.6 Å². The van der Waals surface area contributed by atoms with Crippen LogP contribution in [0.25, 0.3) is 27.7 Å². The Hall–Kier alpha value is -4.92. The van der Waals surface area contributed by atoms with Crippen molar-refractivity contribution in [2.24, 2.45) is 5.10 Å². The van der Waals surface area contributed by atoms with Gasteiger partial charge in [0.1, 0.15) is 5.69 Å². The number of hydrogen-bond donors (Lipinski definition) is 1. The van der Waals surface area contributed by atoms with Crippen LogP contribution >= 0.6 is 0 Å². The molecule has 2 aromatic carbocycles. The van der Waals surface area contributed by atoms with Crippen molar-refractivity contribution < 1.29 is 4.79 Å². The molecular weight excluding hydrogens is 454 g/mol. The standard InChI is InChI=1S/C27H23N7O2/c1-2-15-33-27(36)23-13-7-6-12-22(23)25(32-33)26(35)30-29-17-20-18-34(21-10-4-3-5-11-21)31-24(20)19-9-8-14-28-16-19/h3-14,16-18H,2,15H2,1H3,(H,30,35)/b29-17+. The van der Waals surface area contributed by atoms with Crippen molar-refractivity contribution in [3.8, 4) is 16.9 Å². The van der Waals surface area contributed by atoms with Crippen molar-refractivity contribution in [2.75, 3.05) is 0 Å². The minimum atomic E-state index is -0.509. The molecule has 1 amide bonds. The van der Waals surface area contributed by atoms with Gasteiger partial charge in [-0.25, -0.2) is 14.8 Å². The molecule has 0 aliphatic rings. The van der Waals surface area contributed by atoms with Crippen LogP contribution in [0.15, 0.2) is 95.2 Å². The molecule has 0 spiro atoms. The van der Waals surface area contributed by atoms with Crippen molar-refractivity contribution >= 4 is 22.9 Å². The van der Waals surface area contributed by atoms with E-state index in [4.69, 9.17) is 5.10 Å². The molecule has 36 heavy (non-hydrogen) atoms. The summed E-state index contributed by atoms with van der Waals surface area (Å²) in [5.74, 6) is -0.509. The number of nitrogens with one attached hydrogen (secondary N) is 1. The predicted octanol–water partition coefficient (Wildman–Crippen LogP) is 3.82. The monoisotopic (exact) mass is 477 g/mol. The van der Waals surface area contributed by atoms with Crippen molar-refractivity contribution in [2.45, 2.75) is 19.9 Å². The average molecular weight is 478 g/mol. The van der Waals surface area contributed by atoms with Crippen molar-refractivity contribution in [1.29, 1.82) is 0 Å². The molecule has 0 bridgehead atoms. The van der Waals surface area contributed by atoms with Gasteiger partial charge in [0.05, 0.1) is 17.3 Å². The van der Waals surface area contributed by atoms with Gasteiger partial charge in [-0.05, 0) is 36.8 Å². The molecule has 0 saturated carbocycles. The quantitative estimate of drug-likeness (QED) is 0.283. The highest BCUT2D eigenvalue weighted by Gasteiger charge is 2.16. The second-order valence-corrected chi connectivity index (χ2v) is 8.08. The number of carbonyl (C=O) groups excluding carboxylic acids is 1. The van der Waals surface area contributed by atoms with Crippen molar-refractivity contribution in [3.63, 3.8) is 0 Å². The number of carbonyl (C=O) groups is 1. The molecule has 5 aromatic rings. The van der Waals surface area contributed by atoms with Gasteiger partial charge >= 0.3 is 0 Å². The Morgan fingerprint density at radius 1 is 1.00 bits per heavy atom. The molecule has 0 aliphatic carbocycles. The summed E-state index contributed by atoms with van der Waals surface area (Å²) in [6, 6.07) is 20.4. The van der Waals surface area contributed by atoms with Crippen LogP contribution in [0.2, 0.25) is 0 Å². The minimum Gasteiger partial charge on any atom is -0.267 e. The Morgan fingerprint density at radius 2 is 1.78 bits per heavy atom. The second-order valence-electron chi connectivity index (χ2n) is 8.08. The molecule has 178 valence electrons. The van der Waals surface area contributed by atoms with Crippen LogP contribution in [0, 0.1) is 0 Å². The molecule has 1 N–H and O–H groups in total. The van der Waals surface area contributed by atoms with Crippen molar-refractivity contribution in [3.05, 3.63) is 107 Å². The predicted molar refractivity (Wildman–Crippen MR) is 138 cm³/mol. The summed E-state index contributed by atoms with van der Waals surface area (Å²) in [5, 5.41) is 14.1. The Bertz CT molecular complexity index is 1610. The van der Waals surface area contributed by atoms with Gasteiger partial charge < -0.3 is 0 Å². The number of pyridine rings is 1.